The van der Waals surface area contributed by atoms with Crippen LogP contribution < -0.4 is 26.0 Å². The number of nitrogens with zero attached hydrogens (tertiary/aromatic N) is 5. The van der Waals surface area contributed by atoms with E-state index in [4.69, 9.17) is 44.3 Å². The van der Waals surface area contributed by atoms with Crippen molar-refractivity contribution >= 4 is 80.6 Å². The van der Waals surface area contributed by atoms with Crippen molar-refractivity contribution < 1.29 is 14.3 Å². The molecule has 0 bridgehead atoms. The number of fused-ring (bicyclic) bond motifs is 1. The van der Waals surface area contributed by atoms with Crippen molar-refractivity contribution in [2.24, 2.45) is 19.1 Å². The van der Waals surface area contributed by atoms with Crippen molar-refractivity contribution in [3.05, 3.63) is 113 Å². The molecule has 234 valence electrons. The first-order chi connectivity index (χ1) is 22.0. The molecule has 1 fully saturated rings. The van der Waals surface area contributed by atoms with E-state index in [1.807, 2.05) is 6.07 Å². The molecule has 1 aliphatic heterocycles. The van der Waals surface area contributed by atoms with Crippen molar-refractivity contribution in [1.82, 2.24) is 24.0 Å². The average molecular weight is 698 g/mol. The minimum Gasteiger partial charge on any atom is -0.493 e. The maximum Gasteiger partial charge on any atom is 0.332 e. The van der Waals surface area contributed by atoms with E-state index in [0.29, 0.717) is 47.7 Å². The number of ether oxygens (including phenoxy) is 2. The number of hydrogen-bond donors (Lipinski definition) is 1. The first-order valence-electron chi connectivity index (χ1n) is 13.5. The first-order valence-corrected chi connectivity index (χ1v) is 15.5. The summed E-state index contributed by atoms with van der Waals surface area (Å²) in [5, 5.41) is 4.45. The molecule has 5 aromatic rings. The maximum absolute atomic E-state index is 13.3. The molecule has 0 spiro atoms. The van der Waals surface area contributed by atoms with Crippen LogP contribution in [-0.4, -0.2) is 36.9 Å². The summed E-state index contributed by atoms with van der Waals surface area (Å²) in [7, 11) is 4.38. The molecule has 0 atom stereocenters. The van der Waals surface area contributed by atoms with Gasteiger partial charge in [-0.2, -0.15) is 4.98 Å². The van der Waals surface area contributed by atoms with Crippen molar-refractivity contribution in [2.75, 3.05) is 7.11 Å². The van der Waals surface area contributed by atoms with Gasteiger partial charge in [0.05, 0.1) is 29.3 Å². The van der Waals surface area contributed by atoms with Gasteiger partial charge in [-0.25, -0.2) is 9.79 Å². The maximum atomic E-state index is 13.3. The van der Waals surface area contributed by atoms with E-state index in [2.05, 4.69) is 15.3 Å². The van der Waals surface area contributed by atoms with Crippen LogP contribution in [0.15, 0.2) is 80.2 Å². The lowest BCUT2D eigenvalue weighted by molar-refractivity contribution is -0.115. The Hall–Kier alpha value is -4.49. The highest BCUT2D eigenvalue weighted by atomic mass is 35.5. The Morgan fingerprint density at radius 1 is 0.957 bits per heavy atom. The summed E-state index contributed by atoms with van der Waals surface area (Å²) in [6, 6.07) is 17.2. The van der Waals surface area contributed by atoms with Gasteiger partial charge in [0.1, 0.15) is 0 Å². The lowest BCUT2D eigenvalue weighted by Crippen LogP contribution is -2.37. The highest BCUT2D eigenvalue weighted by Crippen LogP contribution is 2.36. The molecule has 15 heteroatoms. The molecule has 6 rings (SSSR count). The number of hydrogen-bond acceptors (Lipinski definition) is 8. The van der Waals surface area contributed by atoms with Gasteiger partial charge in [-0.1, -0.05) is 59.1 Å². The number of amides is 1. The number of para-hydroxylation sites is 1. The highest BCUT2D eigenvalue weighted by Gasteiger charge is 2.25. The molecule has 3 aromatic carbocycles. The number of thioether (sulfide) groups is 1. The van der Waals surface area contributed by atoms with Gasteiger partial charge in [-0.05, 0) is 65.4 Å². The zero-order valence-corrected chi connectivity index (χ0v) is 27.5. The number of rotatable bonds is 7. The Morgan fingerprint density at radius 2 is 1.74 bits per heavy atom. The molecule has 2 aromatic heterocycles. The highest BCUT2D eigenvalue weighted by molar-refractivity contribution is 8.18. The number of methoxy groups -OCH3 is 1. The van der Waals surface area contributed by atoms with Crippen LogP contribution in [-0.2, 0) is 25.4 Å². The predicted molar refractivity (Wildman–Crippen MR) is 181 cm³/mol. The topological polar surface area (TPSA) is 122 Å². The minimum atomic E-state index is -0.552. The Morgan fingerprint density at radius 3 is 2.48 bits per heavy atom. The van der Waals surface area contributed by atoms with Crippen LogP contribution in [0.1, 0.15) is 11.1 Å². The number of aryl methyl sites for hydroxylation is 1. The van der Waals surface area contributed by atoms with Crippen LogP contribution in [0.3, 0.4) is 0 Å². The molecule has 0 aliphatic carbocycles. The Bertz CT molecular complexity index is 2240. The smallest absolute Gasteiger partial charge is 0.332 e. The van der Waals surface area contributed by atoms with E-state index in [1.54, 1.807) is 65.2 Å². The average Bonchev–Trinajstić information content (AvgIpc) is 3.56. The molecule has 1 saturated heterocycles. The third kappa shape index (κ3) is 6.04. The summed E-state index contributed by atoms with van der Waals surface area (Å²) in [5.74, 6) is 0.291. The molecule has 0 radical (unpaired) electrons. The van der Waals surface area contributed by atoms with Gasteiger partial charge in [0.15, 0.2) is 27.8 Å². The molecule has 0 saturated carbocycles. The second kappa shape index (κ2) is 12.7. The van der Waals surface area contributed by atoms with Gasteiger partial charge in [0.2, 0.25) is 0 Å². The molecule has 0 unspecified atom stereocenters. The number of imidazole rings is 1. The van der Waals surface area contributed by atoms with Gasteiger partial charge in [0.25, 0.3) is 11.5 Å². The summed E-state index contributed by atoms with van der Waals surface area (Å²) >= 11 is 20.0. The molecule has 1 N–H and O–H groups in total. The second-order valence-electron chi connectivity index (χ2n) is 10.0. The Balaban J connectivity index is 1.36. The third-order valence-electron chi connectivity index (χ3n) is 7.07. The van der Waals surface area contributed by atoms with Crippen molar-refractivity contribution in [3.63, 3.8) is 0 Å². The van der Waals surface area contributed by atoms with Gasteiger partial charge in [0, 0.05) is 24.1 Å². The van der Waals surface area contributed by atoms with Crippen LogP contribution >= 0.6 is 46.6 Å². The Kier molecular flexibility index (Phi) is 8.71. The van der Waals surface area contributed by atoms with Gasteiger partial charge in [-0.3, -0.25) is 23.3 Å². The summed E-state index contributed by atoms with van der Waals surface area (Å²) in [4.78, 5) is 48.1. The Labute approximate surface area is 280 Å². The van der Waals surface area contributed by atoms with Crippen LogP contribution in [0.4, 0.5) is 5.69 Å². The number of halogens is 3. The largest absolute Gasteiger partial charge is 0.493 e. The quantitative estimate of drug-likeness (QED) is 0.203. The summed E-state index contributed by atoms with van der Waals surface area (Å²) in [6.45, 7) is 0.0895. The molecule has 46 heavy (non-hydrogen) atoms. The number of carbonyl (C=O) groups excluding carboxylic acids is 1. The molecule has 1 amide bonds. The number of benzene rings is 3. The SMILES string of the molecule is COc1cc(/C=C2/SC(=Nc3ccccc3Cl)NC2=O)ccc1Oc1nc2c(c(=O)n(C)c(=O)n2C)n1Cc1ccc(Cl)cc1Cl. The van der Waals surface area contributed by atoms with Gasteiger partial charge >= 0.3 is 11.7 Å². The number of aromatic nitrogens is 4. The standard InChI is InChI=1S/C31H23Cl3N6O5S/c1-38-26-25(28(42)39(2)31(38)43)40(15-17-9-10-18(32)14-20(17)34)30(36-26)45-22-11-8-16(12-23(22)44-3)13-24-27(41)37-29(46-24)35-21-7-5-4-6-19(21)33/h4-14H,15H2,1-3H3,(H,35,37,41)/b24-13+. The van der Waals surface area contributed by atoms with Crippen LogP contribution in [0.25, 0.3) is 17.2 Å². The summed E-state index contributed by atoms with van der Waals surface area (Å²) in [6.07, 6.45) is 1.69. The van der Waals surface area contributed by atoms with E-state index in [0.717, 1.165) is 4.57 Å². The van der Waals surface area contributed by atoms with Crippen molar-refractivity contribution in [2.45, 2.75) is 6.54 Å². The molecular formula is C31H23Cl3N6O5S. The fourth-order valence-electron chi connectivity index (χ4n) is 4.71. The fraction of sp³-hybridized carbons (Fsp3) is 0.129. The van der Waals surface area contributed by atoms with Crippen LogP contribution in [0.5, 0.6) is 17.5 Å². The first kappa shape index (κ1) is 31.5. The van der Waals surface area contributed by atoms with Crippen LogP contribution in [0.2, 0.25) is 15.1 Å². The number of carbonyl (C=O) groups is 1. The monoisotopic (exact) mass is 696 g/mol. The van der Waals surface area contributed by atoms with Crippen molar-refractivity contribution in [1.29, 1.82) is 0 Å². The van der Waals surface area contributed by atoms with E-state index in [-0.39, 0.29) is 35.4 Å². The van der Waals surface area contributed by atoms with E-state index >= 15 is 0 Å². The van der Waals surface area contributed by atoms with E-state index in [9.17, 15) is 14.4 Å². The lowest BCUT2D eigenvalue weighted by Gasteiger charge is -2.13. The number of amidine groups is 1. The second-order valence-corrected chi connectivity index (χ2v) is 12.3. The predicted octanol–water partition coefficient (Wildman–Crippen LogP) is 6.13. The van der Waals surface area contributed by atoms with Crippen molar-refractivity contribution in [3.8, 4) is 17.5 Å². The summed E-state index contributed by atoms with van der Waals surface area (Å²) in [5.41, 5.74) is 1.02. The molecular weight excluding hydrogens is 675 g/mol. The lowest BCUT2D eigenvalue weighted by atomic mass is 10.2. The number of nitrogens with one attached hydrogen (secondary N) is 1. The normalized spacial score (nSPS) is 14.8. The zero-order valence-electron chi connectivity index (χ0n) is 24.4. The summed E-state index contributed by atoms with van der Waals surface area (Å²) < 4.78 is 15.7. The fourth-order valence-corrected chi connectivity index (χ4v) is 6.19. The molecule has 3 heterocycles. The third-order valence-corrected chi connectivity index (χ3v) is 8.88. The zero-order chi connectivity index (χ0) is 32.7. The molecule has 1 aliphatic rings. The van der Waals surface area contributed by atoms with Gasteiger partial charge in [-0.15, -0.1) is 0 Å². The van der Waals surface area contributed by atoms with Crippen LogP contribution in [0, 0.1) is 0 Å². The number of aliphatic imine (C=N–C) groups is 1. The minimum absolute atomic E-state index is 0.0230. The van der Waals surface area contributed by atoms with Gasteiger partial charge < -0.3 is 14.8 Å². The van der Waals surface area contributed by atoms with E-state index in [1.165, 1.54) is 37.5 Å². The van der Waals surface area contributed by atoms with E-state index < -0.39 is 11.2 Å². The molecule has 11 nitrogen and oxygen atoms in total.